The highest BCUT2D eigenvalue weighted by Crippen LogP contribution is 2.45. The van der Waals surface area contributed by atoms with Gasteiger partial charge in [-0.2, -0.15) is 0 Å². The lowest BCUT2D eigenvalue weighted by atomic mass is 10.1. The van der Waals surface area contributed by atoms with E-state index in [2.05, 4.69) is 40.0 Å². The van der Waals surface area contributed by atoms with E-state index in [4.69, 9.17) is 9.47 Å². The number of rotatable bonds is 7. The number of pyridine rings is 1. The van der Waals surface area contributed by atoms with Gasteiger partial charge in [-0.05, 0) is 57.7 Å². The van der Waals surface area contributed by atoms with Crippen LogP contribution in [0.1, 0.15) is 50.6 Å². The summed E-state index contributed by atoms with van der Waals surface area (Å²) >= 11 is 0. The van der Waals surface area contributed by atoms with Crippen LogP contribution in [0.2, 0.25) is 0 Å². The number of likely N-dealkylation sites (tertiary alicyclic amines) is 1. The van der Waals surface area contributed by atoms with Crippen LogP contribution in [0.3, 0.4) is 0 Å². The van der Waals surface area contributed by atoms with Gasteiger partial charge in [-0.25, -0.2) is 0 Å². The molecule has 1 saturated heterocycles. The number of nitrogens with zero attached hydrogens (tertiary/aromatic N) is 2. The Hall–Kier alpha value is -1.98. The maximum absolute atomic E-state index is 6.13. The second kappa shape index (κ2) is 8.41. The van der Waals surface area contributed by atoms with Gasteiger partial charge >= 0.3 is 0 Å². The SMILES string of the molecule is COc1cc2c(cc1OCCCN1CCCC1C)[nH]c1ccnc(C3CC3)c12.Cl. The molecule has 1 aromatic carbocycles. The van der Waals surface area contributed by atoms with Crippen molar-refractivity contribution in [3.05, 3.63) is 30.1 Å². The summed E-state index contributed by atoms with van der Waals surface area (Å²) < 4.78 is 11.8. The Labute approximate surface area is 178 Å². The molecule has 2 aromatic heterocycles. The Morgan fingerprint density at radius 3 is 2.76 bits per heavy atom. The third kappa shape index (κ3) is 3.90. The molecule has 5 nitrogen and oxygen atoms in total. The Kier molecular flexibility index (Phi) is 5.88. The molecule has 1 N–H and O–H groups in total. The number of hydrogen-bond donors (Lipinski definition) is 1. The van der Waals surface area contributed by atoms with Crippen LogP contribution in [0.4, 0.5) is 0 Å². The Balaban J connectivity index is 0.00000205. The third-order valence-corrected chi connectivity index (χ3v) is 6.32. The van der Waals surface area contributed by atoms with Crippen LogP contribution in [-0.4, -0.2) is 47.7 Å². The van der Waals surface area contributed by atoms with E-state index in [0.29, 0.717) is 18.6 Å². The zero-order valence-electron chi connectivity index (χ0n) is 17.2. The van der Waals surface area contributed by atoms with E-state index < -0.39 is 0 Å². The number of hydrogen-bond acceptors (Lipinski definition) is 4. The van der Waals surface area contributed by atoms with Crippen molar-refractivity contribution in [2.24, 2.45) is 0 Å². The standard InChI is InChI=1S/C23H29N3O2.ClH/c1-15-5-3-10-26(15)11-4-12-28-21-14-19-17(13-20(21)27-2)22-18(25-19)8-9-24-23(22)16-6-7-16;/h8-9,13-16,25H,3-7,10-12H2,1-2H3;1H. The van der Waals surface area contributed by atoms with E-state index >= 15 is 0 Å². The maximum Gasteiger partial charge on any atom is 0.163 e. The normalized spacial score (nSPS) is 19.6. The van der Waals surface area contributed by atoms with Gasteiger partial charge in [-0.15, -0.1) is 12.4 Å². The van der Waals surface area contributed by atoms with Crippen molar-refractivity contribution in [2.75, 3.05) is 26.8 Å². The van der Waals surface area contributed by atoms with Crippen LogP contribution in [-0.2, 0) is 0 Å². The molecule has 6 heteroatoms. The first-order chi connectivity index (χ1) is 13.7. The van der Waals surface area contributed by atoms with Gasteiger partial charge < -0.3 is 19.4 Å². The smallest absolute Gasteiger partial charge is 0.163 e. The average molecular weight is 416 g/mol. The van der Waals surface area contributed by atoms with Crippen LogP contribution in [0.25, 0.3) is 21.8 Å². The molecule has 3 aromatic rings. The van der Waals surface area contributed by atoms with Crippen molar-refractivity contribution in [1.29, 1.82) is 0 Å². The highest BCUT2D eigenvalue weighted by Gasteiger charge is 2.28. The fourth-order valence-electron chi connectivity index (χ4n) is 4.59. The summed E-state index contributed by atoms with van der Waals surface area (Å²) in [6.45, 7) is 5.36. The number of methoxy groups -OCH3 is 1. The van der Waals surface area contributed by atoms with Gasteiger partial charge in [-0.3, -0.25) is 4.98 Å². The molecule has 3 heterocycles. The molecule has 0 radical (unpaired) electrons. The summed E-state index contributed by atoms with van der Waals surface area (Å²) in [5.74, 6) is 2.23. The predicted molar refractivity (Wildman–Crippen MR) is 120 cm³/mol. The first-order valence-electron chi connectivity index (χ1n) is 10.6. The molecule has 1 atom stereocenters. The predicted octanol–water partition coefficient (Wildman–Crippen LogP) is 5.28. The van der Waals surface area contributed by atoms with Crippen LogP contribution in [0.15, 0.2) is 24.4 Å². The fraction of sp³-hybridized carbons (Fsp3) is 0.522. The summed E-state index contributed by atoms with van der Waals surface area (Å²) in [4.78, 5) is 10.8. The zero-order chi connectivity index (χ0) is 19.1. The van der Waals surface area contributed by atoms with Gasteiger partial charge in [0.1, 0.15) is 0 Å². The van der Waals surface area contributed by atoms with Gasteiger partial charge in [0.05, 0.1) is 24.9 Å². The van der Waals surface area contributed by atoms with Crippen molar-refractivity contribution in [2.45, 2.75) is 51.0 Å². The molecule has 2 aliphatic rings. The minimum atomic E-state index is 0. The van der Waals surface area contributed by atoms with E-state index in [9.17, 15) is 0 Å². The summed E-state index contributed by atoms with van der Waals surface area (Å²) in [7, 11) is 1.72. The molecule has 5 rings (SSSR count). The van der Waals surface area contributed by atoms with E-state index in [0.717, 1.165) is 35.5 Å². The first kappa shape index (κ1) is 20.3. The van der Waals surface area contributed by atoms with Crippen LogP contribution < -0.4 is 9.47 Å². The van der Waals surface area contributed by atoms with Gasteiger partial charge in [-0.1, -0.05) is 0 Å². The number of aromatic nitrogens is 2. The molecule has 2 fully saturated rings. The lowest BCUT2D eigenvalue weighted by Gasteiger charge is -2.20. The molecule has 1 unspecified atom stereocenters. The van der Waals surface area contributed by atoms with Crippen molar-refractivity contribution >= 4 is 34.2 Å². The Bertz CT molecular complexity index is 999. The number of fused-ring (bicyclic) bond motifs is 3. The zero-order valence-corrected chi connectivity index (χ0v) is 18.1. The van der Waals surface area contributed by atoms with Crippen molar-refractivity contribution in [1.82, 2.24) is 14.9 Å². The minimum absolute atomic E-state index is 0. The van der Waals surface area contributed by atoms with Gasteiger partial charge in [0.25, 0.3) is 0 Å². The number of halogens is 1. The summed E-state index contributed by atoms with van der Waals surface area (Å²) in [6, 6.07) is 6.97. The molecule has 1 saturated carbocycles. The second-order valence-corrected chi connectivity index (χ2v) is 8.30. The van der Waals surface area contributed by atoms with Crippen molar-refractivity contribution in [3.8, 4) is 11.5 Å². The molecule has 156 valence electrons. The monoisotopic (exact) mass is 415 g/mol. The molecule has 0 bridgehead atoms. The molecule has 1 aliphatic heterocycles. The van der Waals surface area contributed by atoms with Crippen LogP contribution in [0.5, 0.6) is 11.5 Å². The minimum Gasteiger partial charge on any atom is -0.493 e. The largest absolute Gasteiger partial charge is 0.493 e. The highest BCUT2D eigenvalue weighted by atomic mass is 35.5. The van der Waals surface area contributed by atoms with Crippen LogP contribution in [0, 0.1) is 0 Å². The second-order valence-electron chi connectivity index (χ2n) is 8.30. The average Bonchev–Trinajstić information content (AvgIpc) is 3.38. The lowest BCUT2D eigenvalue weighted by Crippen LogP contribution is -2.28. The maximum atomic E-state index is 6.13. The Morgan fingerprint density at radius 2 is 2.03 bits per heavy atom. The topological polar surface area (TPSA) is 50.4 Å². The number of nitrogens with one attached hydrogen (secondary N) is 1. The summed E-state index contributed by atoms with van der Waals surface area (Å²) in [5.41, 5.74) is 3.46. The molecule has 0 amide bonds. The van der Waals surface area contributed by atoms with Gasteiger partial charge in [0.2, 0.25) is 0 Å². The Morgan fingerprint density at radius 1 is 1.17 bits per heavy atom. The third-order valence-electron chi connectivity index (χ3n) is 6.32. The van der Waals surface area contributed by atoms with Crippen molar-refractivity contribution in [3.63, 3.8) is 0 Å². The molecular weight excluding hydrogens is 386 g/mol. The van der Waals surface area contributed by atoms with E-state index in [1.165, 1.54) is 48.7 Å². The lowest BCUT2D eigenvalue weighted by molar-refractivity contribution is 0.226. The van der Waals surface area contributed by atoms with Gasteiger partial charge in [0.15, 0.2) is 11.5 Å². The fourth-order valence-corrected chi connectivity index (χ4v) is 4.59. The van der Waals surface area contributed by atoms with E-state index in [-0.39, 0.29) is 12.4 Å². The quantitative estimate of drug-likeness (QED) is 0.533. The van der Waals surface area contributed by atoms with Gasteiger partial charge in [0, 0.05) is 47.1 Å². The molecule has 0 spiro atoms. The number of ether oxygens (including phenoxy) is 2. The highest BCUT2D eigenvalue weighted by molar-refractivity contribution is 6.09. The van der Waals surface area contributed by atoms with E-state index in [1.54, 1.807) is 7.11 Å². The number of H-pyrrole nitrogens is 1. The van der Waals surface area contributed by atoms with Crippen molar-refractivity contribution < 1.29 is 9.47 Å². The van der Waals surface area contributed by atoms with E-state index in [1.807, 2.05) is 6.20 Å². The summed E-state index contributed by atoms with van der Waals surface area (Å²) in [5, 5.41) is 2.42. The number of benzene rings is 1. The molecular formula is C23H30ClN3O2. The first-order valence-corrected chi connectivity index (χ1v) is 10.6. The van der Waals surface area contributed by atoms with Crippen LogP contribution >= 0.6 is 12.4 Å². The number of aromatic amines is 1. The molecule has 29 heavy (non-hydrogen) atoms. The molecule has 1 aliphatic carbocycles. The summed E-state index contributed by atoms with van der Waals surface area (Å²) in [6.07, 6.45) is 8.08.